The van der Waals surface area contributed by atoms with Crippen LogP contribution in [-0.2, 0) is 0 Å². The van der Waals surface area contributed by atoms with E-state index in [2.05, 4.69) is 5.32 Å². The van der Waals surface area contributed by atoms with Crippen LogP contribution < -0.4 is 10.1 Å². The molecule has 0 aliphatic carbocycles. The lowest BCUT2D eigenvalue weighted by atomic mass is 10.1. The number of hydrogen-bond acceptors (Lipinski definition) is 5. The highest BCUT2D eigenvalue weighted by Gasteiger charge is 2.33. The van der Waals surface area contributed by atoms with Crippen LogP contribution in [0.2, 0.25) is 0 Å². The third-order valence-corrected chi connectivity index (χ3v) is 4.44. The molecule has 3 rings (SSSR count). The lowest BCUT2D eigenvalue weighted by Crippen LogP contribution is -2.39. The molecule has 7 nitrogen and oxygen atoms in total. The van der Waals surface area contributed by atoms with Crippen molar-refractivity contribution < 1.29 is 14.5 Å². The topological polar surface area (TPSA) is 84.7 Å². The number of carbonyl (C=O) groups is 1. The fraction of sp³-hybridized carbons (Fsp3) is 0.533. The summed E-state index contributed by atoms with van der Waals surface area (Å²) in [6, 6.07) is 5.04. The van der Waals surface area contributed by atoms with Gasteiger partial charge in [-0.15, -0.1) is 12.4 Å². The van der Waals surface area contributed by atoms with E-state index in [1.165, 1.54) is 25.3 Å². The predicted molar refractivity (Wildman–Crippen MR) is 87.4 cm³/mol. The summed E-state index contributed by atoms with van der Waals surface area (Å²) < 4.78 is 5.10. The van der Waals surface area contributed by atoms with Crippen molar-refractivity contribution in [2.45, 2.75) is 31.3 Å². The first-order chi connectivity index (χ1) is 10.6. The van der Waals surface area contributed by atoms with Crippen LogP contribution in [0.25, 0.3) is 0 Å². The molecule has 2 aliphatic rings. The zero-order valence-corrected chi connectivity index (χ0v) is 13.7. The van der Waals surface area contributed by atoms with E-state index in [0.717, 1.165) is 19.3 Å². The van der Waals surface area contributed by atoms with E-state index in [-0.39, 0.29) is 29.6 Å². The van der Waals surface area contributed by atoms with Gasteiger partial charge in [0.15, 0.2) is 0 Å². The monoisotopic (exact) mass is 341 g/mol. The Morgan fingerprint density at radius 2 is 2.09 bits per heavy atom. The van der Waals surface area contributed by atoms with E-state index in [4.69, 9.17) is 4.74 Å². The molecule has 1 N–H and O–H groups in total. The Kier molecular flexibility index (Phi) is 5.43. The van der Waals surface area contributed by atoms with Crippen molar-refractivity contribution in [1.82, 2.24) is 10.2 Å². The van der Waals surface area contributed by atoms with E-state index in [1.807, 2.05) is 0 Å². The molecule has 8 heteroatoms. The van der Waals surface area contributed by atoms with Crippen molar-refractivity contribution in [3.8, 4) is 5.75 Å². The first kappa shape index (κ1) is 17.5. The summed E-state index contributed by atoms with van der Waals surface area (Å²) in [7, 11) is 1.48. The van der Waals surface area contributed by atoms with Crippen LogP contribution in [0.5, 0.6) is 5.75 Å². The molecule has 2 unspecified atom stereocenters. The van der Waals surface area contributed by atoms with Crippen molar-refractivity contribution in [2.24, 2.45) is 0 Å². The number of amides is 1. The molecule has 2 atom stereocenters. The molecule has 2 saturated heterocycles. The Bertz CT molecular complexity index is 610. The normalized spacial score (nSPS) is 22.9. The summed E-state index contributed by atoms with van der Waals surface area (Å²) in [4.78, 5) is 25.1. The molecular weight excluding hydrogens is 322 g/mol. The third-order valence-electron chi connectivity index (χ3n) is 4.44. The van der Waals surface area contributed by atoms with Gasteiger partial charge in [-0.3, -0.25) is 14.9 Å². The molecule has 2 heterocycles. The zero-order chi connectivity index (χ0) is 15.7. The number of carbonyl (C=O) groups excluding carboxylic acids is 1. The van der Waals surface area contributed by atoms with Crippen molar-refractivity contribution in [2.75, 3.05) is 20.2 Å². The van der Waals surface area contributed by atoms with Gasteiger partial charge in [-0.1, -0.05) is 0 Å². The zero-order valence-electron chi connectivity index (χ0n) is 12.9. The summed E-state index contributed by atoms with van der Waals surface area (Å²) >= 11 is 0. The minimum atomic E-state index is -0.519. The number of nitrogens with one attached hydrogen (secondary N) is 1. The molecule has 0 aromatic heterocycles. The van der Waals surface area contributed by atoms with Crippen molar-refractivity contribution in [1.29, 1.82) is 0 Å². The Hall–Kier alpha value is -1.86. The first-order valence-electron chi connectivity index (χ1n) is 7.46. The fourth-order valence-electron chi connectivity index (χ4n) is 3.27. The highest BCUT2D eigenvalue weighted by Crippen LogP contribution is 2.27. The summed E-state index contributed by atoms with van der Waals surface area (Å²) in [5.41, 5.74) is -0.0738. The SMILES string of the molecule is COc1ccc([N+](=O)[O-])c(C(=O)N2CCC3CCC(C2)N3)c1.Cl. The number of halogens is 1. The first-order valence-corrected chi connectivity index (χ1v) is 7.46. The molecule has 2 aliphatic heterocycles. The van der Waals surface area contributed by atoms with Gasteiger partial charge in [0, 0.05) is 31.2 Å². The number of rotatable bonds is 3. The third kappa shape index (κ3) is 3.56. The largest absolute Gasteiger partial charge is 0.497 e. The molecule has 23 heavy (non-hydrogen) atoms. The van der Waals surface area contributed by atoms with Crippen molar-refractivity contribution in [3.05, 3.63) is 33.9 Å². The minimum Gasteiger partial charge on any atom is -0.497 e. The molecule has 0 radical (unpaired) electrons. The van der Waals surface area contributed by atoms with E-state index in [1.54, 1.807) is 4.90 Å². The van der Waals surface area contributed by atoms with Crippen LogP contribution in [0.4, 0.5) is 5.69 Å². The van der Waals surface area contributed by atoms with E-state index < -0.39 is 4.92 Å². The molecule has 1 amide bonds. The van der Waals surface area contributed by atoms with Crippen LogP contribution >= 0.6 is 12.4 Å². The summed E-state index contributed by atoms with van der Waals surface area (Å²) in [5, 5.41) is 14.7. The molecular formula is C15H20ClN3O4. The maximum Gasteiger partial charge on any atom is 0.282 e. The number of ether oxygens (including phenoxy) is 1. The minimum absolute atomic E-state index is 0. The predicted octanol–water partition coefficient (Wildman–Crippen LogP) is 1.99. The van der Waals surface area contributed by atoms with Gasteiger partial charge in [-0.25, -0.2) is 0 Å². The highest BCUT2D eigenvalue weighted by molar-refractivity contribution is 5.98. The maximum absolute atomic E-state index is 12.8. The Morgan fingerprint density at radius 3 is 2.78 bits per heavy atom. The summed E-state index contributed by atoms with van der Waals surface area (Å²) in [6.07, 6.45) is 3.08. The second-order valence-corrected chi connectivity index (χ2v) is 5.82. The van der Waals surface area contributed by atoms with Gasteiger partial charge < -0.3 is 15.0 Å². The molecule has 2 fully saturated rings. The van der Waals surface area contributed by atoms with Gasteiger partial charge in [0.25, 0.3) is 11.6 Å². The lowest BCUT2D eigenvalue weighted by Gasteiger charge is -2.24. The Balaban J connectivity index is 0.00000192. The second-order valence-electron chi connectivity index (χ2n) is 5.82. The number of nitrogens with zero attached hydrogens (tertiary/aromatic N) is 2. The average molecular weight is 342 g/mol. The molecule has 0 spiro atoms. The van der Waals surface area contributed by atoms with Crippen LogP contribution in [0.3, 0.4) is 0 Å². The average Bonchev–Trinajstić information content (AvgIpc) is 2.85. The van der Waals surface area contributed by atoms with Gasteiger partial charge in [-0.05, 0) is 31.4 Å². The van der Waals surface area contributed by atoms with Gasteiger partial charge in [0.05, 0.1) is 12.0 Å². The van der Waals surface area contributed by atoms with Crippen molar-refractivity contribution in [3.63, 3.8) is 0 Å². The number of methoxy groups -OCH3 is 1. The molecule has 1 aromatic carbocycles. The number of benzene rings is 1. The van der Waals surface area contributed by atoms with Crippen LogP contribution in [0.1, 0.15) is 29.6 Å². The van der Waals surface area contributed by atoms with Gasteiger partial charge >= 0.3 is 0 Å². The standard InChI is InChI=1S/C15H19N3O4.ClH/c1-22-12-4-5-14(18(20)21)13(8-12)15(19)17-7-6-10-2-3-11(9-17)16-10;/h4-5,8,10-11,16H,2-3,6-7,9H2,1H3;1H. The maximum atomic E-state index is 12.8. The van der Waals surface area contributed by atoms with E-state index in [9.17, 15) is 14.9 Å². The quantitative estimate of drug-likeness (QED) is 0.671. The molecule has 1 aromatic rings. The molecule has 0 saturated carbocycles. The fourth-order valence-corrected chi connectivity index (χ4v) is 3.27. The Morgan fingerprint density at radius 1 is 1.35 bits per heavy atom. The highest BCUT2D eigenvalue weighted by atomic mass is 35.5. The number of nitro benzene ring substituents is 1. The second kappa shape index (κ2) is 7.14. The molecule has 2 bridgehead atoms. The summed E-state index contributed by atoms with van der Waals surface area (Å²) in [5.74, 6) is 0.156. The smallest absolute Gasteiger partial charge is 0.282 e. The van der Waals surface area contributed by atoms with Crippen LogP contribution in [-0.4, -0.2) is 48.0 Å². The summed E-state index contributed by atoms with van der Waals surface area (Å²) in [6.45, 7) is 1.23. The van der Waals surface area contributed by atoms with Gasteiger partial charge in [-0.2, -0.15) is 0 Å². The number of likely N-dealkylation sites (tertiary alicyclic amines) is 1. The number of hydrogen-bond donors (Lipinski definition) is 1. The molecule has 126 valence electrons. The Labute approximate surface area is 140 Å². The van der Waals surface area contributed by atoms with Gasteiger partial charge in [0.2, 0.25) is 0 Å². The van der Waals surface area contributed by atoms with E-state index >= 15 is 0 Å². The van der Waals surface area contributed by atoms with E-state index in [0.29, 0.717) is 30.9 Å². The van der Waals surface area contributed by atoms with Gasteiger partial charge in [0.1, 0.15) is 11.3 Å². The number of nitro groups is 1. The number of fused-ring (bicyclic) bond motifs is 2. The van der Waals surface area contributed by atoms with Crippen LogP contribution in [0.15, 0.2) is 18.2 Å². The lowest BCUT2D eigenvalue weighted by molar-refractivity contribution is -0.385. The van der Waals surface area contributed by atoms with Crippen molar-refractivity contribution >= 4 is 24.0 Å². The van der Waals surface area contributed by atoms with Crippen LogP contribution in [0, 0.1) is 10.1 Å².